The smallest absolute Gasteiger partial charge is 0.244 e. The van der Waals surface area contributed by atoms with Crippen molar-refractivity contribution in [2.45, 2.75) is 24.0 Å². The normalized spacial score (nSPS) is 16.3. The van der Waals surface area contributed by atoms with Crippen LogP contribution >= 0.6 is 23.4 Å². The van der Waals surface area contributed by atoms with E-state index in [0.717, 1.165) is 37.0 Å². The number of thioether (sulfide) groups is 1. The number of hydrogen-bond donors (Lipinski definition) is 1. The molecule has 2 amide bonds. The Kier molecular flexibility index (Phi) is 6.99. The quantitative estimate of drug-likeness (QED) is 0.599. The molecule has 0 unspecified atom stereocenters. The second-order valence-corrected chi connectivity index (χ2v) is 8.90. The van der Waals surface area contributed by atoms with Gasteiger partial charge in [0.1, 0.15) is 0 Å². The lowest BCUT2D eigenvalue weighted by Crippen LogP contribution is -2.38. The molecule has 2 aromatic rings. The highest BCUT2D eigenvalue weighted by molar-refractivity contribution is 7.99. The van der Waals surface area contributed by atoms with Gasteiger partial charge in [-0.25, -0.2) is 0 Å². The fourth-order valence-electron chi connectivity index (χ4n) is 3.29. The first-order chi connectivity index (χ1) is 15.0. The van der Waals surface area contributed by atoms with Crippen molar-refractivity contribution in [3.63, 3.8) is 0 Å². The van der Waals surface area contributed by atoms with E-state index < -0.39 is 0 Å². The minimum atomic E-state index is -0.301. The van der Waals surface area contributed by atoms with E-state index in [4.69, 9.17) is 16.3 Å². The summed E-state index contributed by atoms with van der Waals surface area (Å²) in [6.45, 7) is 2.88. The number of nitrogens with one attached hydrogen (secondary N) is 1. The standard InChI is InChI=1S/C20H25ClN6O3S/c1-25(12-17(28)22-16-5-3-2-4-15(16)21)18(29)13-31-20-24-23-19(27(20)14-6-7-14)26-8-10-30-11-9-26/h2-5,14H,6-13H2,1H3,(H,22,28). The fraction of sp³-hybridized carbons (Fsp3) is 0.500. The Morgan fingerprint density at radius 1 is 1.26 bits per heavy atom. The molecule has 11 heteroatoms. The number of halogens is 1. The van der Waals surface area contributed by atoms with Crippen molar-refractivity contribution in [3.05, 3.63) is 29.3 Å². The number of likely N-dealkylation sites (N-methyl/N-ethyl adjacent to an activating group) is 1. The SMILES string of the molecule is CN(CC(=O)Nc1ccccc1Cl)C(=O)CSc1nnc(N2CCOCC2)n1C1CC1. The average molecular weight is 465 g/mol. The zero-order chi connectivity index (χ0) is 21.8. The topological polar surface area (TPSA) is 92.6 Å². The van der Waals surface area contributed by atoms with Crippen LogP contribution in [0.5, 0.6) is 0 Å². The molecule has 1 aromatic heterocycles. The maximum absolute atomic E-state index is 12.6. The summed E-state index contributed by atoms with van der Waals surface area (Å²) in [5, 5.41) is 12.7. The Morgan fingerprint density at radius 3 is 2.71 bits per heavy atom. The summed E-state index contributed by atoms with van der Waals surface area (Å²) < 4.78 is 7.58. The summed E-state index contributed by atoms with van der Waals surface area (Å²) in [6, 6.07) is 7.38. The summed E-state index contributed by atoms with van der Waals surface area (Å²) in [6.07, 6.45) is 2.19. The first-order valence-corrected chi connectivity index (χ1v) is 11.6. The molecular weight excluding hydrogens is 440 g/mol. The van der Waals surface area contributed by atoms with E-state index in [-0.39, 0.29) is 24.1 Å². The molecule has 1 saturated heterocycles. The molecule has 1 saturated carbocycles. The van der Waals surface area contributed by atoms with E-state index in [1.807, 2.05) is 0 Å². The fourth-order valence-corrected chi connectivity index (χ4v) is 4.42. The zero-order valence-electron chi connectivity index (χ0n) is 17.3. The van der Waals surface area contributed by atoms with Crippen molar-refractivity contribution >= 4 is 46.8 Å². The van der Waals surface area contributed by atoms with E-state index in [1.54, 1.807) is 31.3 Å². The summed E-state index contributed by atoms with van der Waals surface area (Å²) in [4.78, 5) is 28.5. The first kappa shape index (κ1) is 21.9. The number of morpholine rings is 1. The molecule has 0 spiro atoms. The van der Waals surface area contributed by atoms with Crippen molar-refractivity contribution < 1.29 is 14.3 Å². The van der Waals surface area contributed by atoms with Gasteiger partial charge in [-0.1, -0.05) is 35.5 Å². The molecule has 0 bridgehead atoms. The van der Waals surface area contributed by atoms with Crippen LogP contribution in [0.3, 0.4) is 0 Å². The van der Waals surface area contributed by atoms with Crippen molar-refractivity contribution in [1.29, 1.82) is 0 Å². The van der Waals surface area contributed by atoms with Gasteiger partial charge >= 0.3 is 0 Å². The van der Waals surface area contributed by atoms with Gasteiger partial charge in [0.2, 0.25) is 17.8 Å². The highest BCUT2D eigenvalue weighted by Gasteiger charge is 2.32. The van der Waals surface area contributed by atoms with Gasteiger partial charge in [-0.05, 0) is 25.0 Å². The van der Waals surface area contributed by atoms with Gasteiger partial charge < -0.3 is 19.9 Å². The number of benzene rings is 1. The molecular formula is C20H25ClN6O3S. The lowest BCUT2D eigenvalue weighted by Gasteiger charge is -2.27. The number of ether oxygens (including phenoxy) is 1. The summed E-state index contributed by atoms with van der Waals surface area (Å²) in [7, 11) is 1.61. The second-order valence-electron chi connectivity index (χ2n) is 7.55. The Bertz CT molecular complexity index is 945. The van der Waals surface area contributed by atoms with Gasteiger partial charge in [0.25, 0.3) is 0 Å². The minimum absolute atomic E-state index is 0.0566. The zero-order valence-corrected chi connectivity index (χ0v) is 18.9. The van der Waals surface area contributed by atoms with Crippen LogP contribution in [0.4, 0.5) is 11.6 Å². The third kappa shape index (κ3) is 5.50. The van der Waals surface area contributed by atoms with Crippen molar-refractivity contribution in [1.82, 2.24) is 19.7 Å². The number of anilines is 2. The molecule has 0 atom stereocenters. The molecule has 0 radical (unpaired) electrons. The van der Waals surface area contributed by atoms with Crippen molar-refractivity contribution in [2.24, 2.45) is 0 Å². The number of carbonyl (C=O) groups excluding carboxylic acids is 2. The number of amides is 2. The number of rotatable bonds is 8. The maximum atomic E-state index is 12.6. The van der Waals surface area contributed by atoms with Gasteiger partial charge in [-0.15, -0.1) is 10.2 Å². The molecule has 9 nitrogen and oxygen atoms in total. The van der Waals surface area contributed by atoms with E-state index in [1.165, 1.54) is 16.7 Å². The molecule has 2 fully saturated rings. The Labute approximate surface area is 190 Å². The van der Waals surface area contributed by atoms with Gasteiger partial charge in [0.15, 0.2) is 5.16 Å². The predicted molar refractivity (Wildman–Crippen MR) is 120 cm³/mol. The van der Waals surface area contributed by atoms with Gasteiger partial charge in [-0.3, -0.25) is 14.2 Å². The summed E-state index contributed by atoms with van der Waals surface area (Å²) in [5.41, 5.74) is 0.526. The van der Waals surface area contributed by atoms with E-state index in [9.17, 15) is 9.59 Å². The van der Waals surface area contributed by atoms with E-state index >= 15 is 0 Å². The van der Waals surface area contributed by atoms with E-state index in [2.05, 4.69) is 25.0 Å². The third-order valence-corrected chi connectivity index (χ3v) is 6.39. The number of nitrogens with zero attached hydrogens (tertiary/aromatic N) is 5. The molecule has 4 rings (SSSR count). The van der Waals surface area contributed by atoms with Crippen molar-refractivity contribution in [2.75, 3.05) is 55.9 Å². The van der Waals surface area contributed by atoms with Crippen LogP contribution in [0.15, 0.2) is 29.4 Å². The first-order valence-electron chi connectivity index (χ1n) is 10.2. The van der Waals surface area contributed by atoms with Gasteiger partial charge in [0, 0.05) is 26.2 Å². The van der Waals surface area contributed by atoms with Crippen LogP contribution in [0.2, 0.25) is 5.02 Å². The molecule has 2 heterocycles. The monoisotopic (exact) mass is 464 g/mol. The Balaban J connectivity index is 1.32. The number of carbonyl (C=O) groups is 2. The highest BCUT2D eigenvalue weighted by atomic mass is 35.5. The maximum Gasteiger partial charge on any atom is 0.244 e. The predicted octanol–water partition coefficient (Wildman–Crippen LogP) is 2.29. The molecule has 31 heavy (non-hydrogen) atoms. The number of hydrogen-bond acceptors (Lipinski definition) is 7. The van der Waals surface area contributed by atoms with Gasteiger partial charge in [0.05, 0.1) is 36.2 Å². The third-order valence-electron chi connectivity index (χ3n) is 5.13. The lowest BCUT2D eigenvalue weighted by molar-refractivity contribution is -0.131. The van der Waals surface area contributed by atoms with Gasteiger partial charge in [-0.2, -0.15) is 0 Å². The second kappa shape index (κ2) is 9.88. The average Bonchev–Trinajstić information content (AvgIpc) is 3.53. The van der Waals surface area contributed by atoms with Crippen LogP contribution in [0.25, 0.3) is 0 Å². The molecule has 2 aliphatic rings. The van der Waals surface area contributed by atoms with Crippen molar-refractivity contribution in [3.8, 4) is 0 Å². The molecule has 1 aromatic carbocycles. The summed E-state index contributed by atoms with van der Waals surface area (Å²) in [5.74, 6) is 0.583. The molecule has 166 valence electrons. The van der Waals surface area contributed by atoms with Crippen LogP contribution in [-0.4, -0.2) is 77.1 Å². The van der Waals surface area contributed by atoms with Crippen LogP contribution in [0, 0.1) is 0 Å². The van der Waals surface area contributed by atoms with Crippen LogP contribution in [0.1, 0.15) is 18.9 Å². The molecule has 1 aliphatic heterocycles. The minimum Gasteiger partial charge on any atom is -0.378 e. The number of para-hydroxylation sites is 1. The number of aromatic nitrogens is 3. The van der Waals surface area contributed by atoms with Crippen LogP contribution in [-0.2, 0) is 14.3 Å². The molecule has 1 N–H and O–H groups in total. The van der Waals surface area contributed by atoms with E-state index in [0.29, 0.717) is 30.0 Å². The Hall–Kier alpha value is -2.30. The van der Waals surface area contributed by atoms with Crippen LogP contribution < -0.4 is 10.2 Å². The highest BCUT2D eigenvalue weighted by Crippen LogP contribution is 2.41. The summed E-state index contributed by atoms with van der Waals surface area (Å²) >= 11 is 7.42. The lowest BCUT2D eigenvalue weighted by atomic mass is 10.3. The molecule has 1 aliphatic carbocycles. The Morgan fingerprint density at radius 2 is 2.00 bits per heavy atom. The largest absolute Gasteiger partial charge is 0.378 e.